The number of carbonyl (C=O) groups is 1. The average molecular weight is 352 g/mol. The van der Waals surface area contributed by atoms with Gasteiger partial charge in [-0.05, 0) is 36.8 Å². The maximum atomic E-state index is 13.0. The summed E-state index contributed by atoms with van der Waals surface area (Å²) in [7, 11) is 0. The molecular weight excluding hydrogens is 335 g/mol. The predicted octanol–water partition coefficient (Wildman–Crippen LogP) is 2.94. The number of rotatable bonds is 5. The number of hydrogen-bond acceptors (Lipinski definition) is 6. The van der Waals surface area contributed by atoms with Crippen molar-refractivity contribution in [1.82, 2.24) is 15.0 Å². The van der Waals surface area contributed by atoms with Gasteiger partial charge in [0.15, 0.2) is 0 Å². The van der Waals surface area contributed by atoms with E-state index in [2.05, 4.69) is 25.6 Å². The molecule has 0 aliphatic heterocycles. The Bertz CT molecular complexity index is 912. The third kappa shape index (κ3) is 3.92. The van der Waals surface area contributed by atoms with Crippen LogP contribution in [-0.2, 0) is 0 Å². The number of nitrogen functional groups attached to an aromatic ring is 1. The zero-order chi connectivity index (χ0) is 18.5. The lowest BCUT2D eigenvalue weighted by atomic mass is 10.1. The molecule has 0 saturated heterocycles. The highest BCUT2D eigenvalue weighted by Crippen LogP contribution is 2.27. The van der Waals surface area contributed by atoms with Gasteiger partial charge in [0.2, 0.25) is 5.95 Å². The molecule has 132 valence electrons. The summed E-state index contributed by atoms with van der Waals surface area (Å²) in [4.78, 5) is 24.2. The summed E-state index contributed by atoms with van der Waals surface area (Å²) in [5.41, 5.74) is 8.39. The van der Waals surface area contributed by atoms with Crippen molar-refractivity contribution in [2.75, 3.05) is 22.9 Å². The lowest BCUT2D eigenvalue weighted by Gasteiger charge is -2.10. The van der Waals surface area contributed by atoms with Crippen molar-refractivity contribution in [1.29, 1.82) is 0 Å². The van der Waals surface area contributed by atoms with E-state index < -0.39 is 11.9 Å². The zero-order valence-corrected chi connectivity index (χ0v) is 14.0. The van der Waals surface area contributed by atoms with E-state index in [1.807, 2.05) is 6.92 Å². The molecule has 4 N–H and O–H groups in total. The minimum Gasteiger partial charge on any atom is -0.397 e. The second kappa shape index (κ2) is 7.56. The van der Waals surface area contributed by atoms with Gasteiger partial charge in [-0.3, -0.25) is 4.79 Å². The monoisotopic (exact) mass is 352 g/mol. The molecule has 26 heavy (non-hydrogen) atoms. The summed E-state index contributed by atoms with van der Waals surface area (Å²) in [6.45, 7) is 2.65. The Labute approximate surface area is 149 Å². The Balaban J connectivity index is 1.81. The molecule has 3 aromatic rings. The van der Waals surface area contributed by atoms with Crippen molar-refractivity contribution in [2.45, 2.75) is 6.92 Å². The molecule has 0 saturated carbocycles. The summed E-state index contributed by atoms with van der Waals surface area (Å²) in [5.74, 6) is -0.395. The third-order valence-electron chi connectivity index (χ3n) is 3.60. The molecule has 8 heteroatoms. The Hall–Kier alpha value is -3.55. The Morgan fingerprint density at radius 1 is 1.08 bits per heavy atom. The van der Waals surface area contributed by atoms with Gasteiger partial charge in [0.05, 0.1) is 23.8 Å². The summed E-state index contributed by atoms with van der Waals surface area (Å²) in [6, 6.07) is 8.00. The van der Waals surface area contributed by atoms with Crippen LogP contribution < -0.4 is 16.4 Å². The first-order valence-corrected chi connectivity index (χ1v) is 7.95. The van der Waals surface area contributed by atoms with E-state index in [0.29, 0.717) is 29.3 Å². The predicted molar refractivity (Wildman–Crippen MR) is 98.2 cm³/mol. The summed E-state index contributed by atoms with van der Waals surface area (Å²) in [6.07, 6.45) is 4.29. The zero-order valence-electron chi connectivity index (χ0n) is 14.0. The van der Waals surface area contributed by atoms with Crippen LogP contribution in [0, 0.1) is 5.95 Å². The largest absolute Gasteiger partial charge is 0.397 e. The molecule has 2 aromatic heterocycles. The van der Waals surface area contributed by atoms with Gasteiger partial charge in [-0.2, -0.15) is 4.39 Å². The highest BCUT2D eigenvalue weighted by atomic mass is 19.1. The van der Waals surface area contributed by atoms with E-state index in [0.717, 1.165) is 5.56 Å². The van der Waals surface area contributed by atoms with Gasteiger partial charge in [-0.1, -0.05) is 6.07 Å². The first-order chi connectivity index (χ1) is 12.6. The van der Waals surface area contributed by atoms with Crippen molar-refractivity contribution in [2.24, 2.45) is 0 Å². The number of benzene rings is 1. The fourth-order valence-electron chi connectivity index (χ4n) is 2.29. The minimum atomic E-state index is -0.558. The SMILES string of the molecule is CCNc1cnc(C(=O)Nc2cc(-c3ccc(F)nc3)ccc2N)cn1. The molecule has 7 nitrogen and oxygen atoms in total. The van der Waals surface area contributed by atoms with Crippen molar-refractivity contribution >= 4 is 23.1 Å². The number of nitrogens with zero attached hydrogens (tertiary/aromatic N) is 3. The van der Waals surface area contributed by atoms with Crippen molar-refractivity contribution in [3.8, 4) is 11.1 Å². The number of nitrogens with one attached hydrogen (secondary N) is 2. The van der Waals surface area contributed by atoms with Gasteiger partial charge in [0.1, 0.15) is 11.5 Å². The van der Waals surface area contributed by atoms with E-state index in [1.54, 1.807) is 24.3 Å². The van der Waals surface area contributed by atoms with Crippen LogP contribution in [0.5, 0.6) is 0 Å². The van der Waals surface area contributed by atoms with Gasteiger partial charge in [0.25, 0.3) is 5.91 Å². The number of anilines is 3. The first kappa shape index (κ1) is 17.3. The van der Waals surface area contributed by atoms with E-state index >= 15 is 0 Å². The number of carbonyl (C=O) groups excluding carboxylic acids is 1. The highest BCUT2D eigenvalue weighted by Gasteiger charge is 2.11. The van der Waals surface area contributed by atoms with Gasteiger partial charge < -0.3 is 16.4 Å². The maximum absolute atomic E-state index is 13.0. The molecule has 3 rings (SSSR count). The van der Waals surface area contributed by atoms with Crippen molar-refractivity contribution in [3.63, 3.8) is 0 Å². The number of amides is 1. The van der Waals surface area contributed by atoms with Crippen LogP contribution >= 0.6 is 0 Å². The fourth-order valence-corrected chi connectivity index (χ4v) is 2.29. The smallest absolute Gasteiger partial charge is 0.275 e. The summed E-state index contributed by atoms with van der Waals surface area (Å²) < 4.78 is 13.0. The topological polar surface area (TPSA) is 106 Å². The first-order valence-electron chi connectivity index (χ1n) is 7.95. The molecule has 1 amide bonds. The molecule has 0 aliphatic rings. The molecule has 2 heterocycles. The molecule has 0 unspecified atom stereocenters. The fraction of sp³-hybridized carbons (Fsp3) is 0.111. The van der Waals surface area contributed by atoms with Crippen LogP contribution in [0.3, 0.4) is 0 Å². The standard InChI is InChI=1S/C18H17FN6O/c1-2-21-17-10-22-15(9-24-17)18(26)25-14-7-11(3-5-13(14)20)12-4-6-16(19)23-8-12/h3-10H,2,20H2,1H3,(H,21,24)(H,25,26). The van der Waals surface area contributed by atoms with Crippen LogP contribution in [0.25, 0.3) is 11.1 Å². The molecule has 0 radical (unpaired) electrons. The maximum Gasteiger partial charge on any atom is 0.275 e. The Morgan fingerprint density at radius 3 is 2.54 bits per heavy atom. The van der Waals surface area contributed by atoms with E-state index in [9.17, 15) is 9.18 Å². The summed E-state index contributed by atoms with van der Waals surface area (Å²) in [5, 5.41) is 5.72. The number of nitrogens with two attached hydrogens (primary N) is 1. The van der Waals surface area contributed by atoms with Crippen molar-refractivity contribution in [3.05, 3.63) is 60.6 Å². The average Bonchev–Trinajstić information content (AvgIpc) is 2.65. The Kier molecular flexibility index (Phi) is 5.02. The molecule has 0 fully saturated rings. The van der Waals surface area contributed by atoms with Gasteiger partial charge in [-0.25, -0.2) is 15.0 Å². The van der Waals surface area contributed by atoms with Crippen molar-refractivity contribution < 1.29 is 9.18 Å². The van der Waals surface area contributed by atoms with Crippen LogP contribution in [0.4, 0.5) is 21.6 Å². The van der Waals surface area contributed by atoms with E-state index in [-0.39, 0.29) is 5.69 Å². The molecular formula is C18H17FN6O. The number of halogens is 1. The normalized spacial score (nSPS) is 10.4. The second-order valence-corrected chi connectivity index (χ2v) is 5.44. The van der Waals surface area contributed by atoms with Gasteiger partial charge in [0, 0.05) is 18.3 Å². The highest BCUT2D eigenvalue weighted by molar-refractivity contribution is 6.04. The van der Waals surface area contributed by atoms with Crippen LogP contribution in [-0.4, -0.2) is 27.4 Å². The molecule has 0 spiro atoms. The summed E-state index contributed by atoms with van der Waals surface area (Å²) >= 11 is 0. The quantitative estimate of drug-likeness (QED) is 0.481. The van der Waals surface area contributed by atoms with Crippen LogP contribution in [0.2, 0.25) is 0 Å². The molecule has 0 aliphatic carbocycles. The minimum absolute atomic E-state index is 0.167. The van der Waals surface area contributed by atoms with Gasteiger partial charge >= 0.3 is 0 Å². The van der Waals surface area contributed by atoms with Gasteiger partial charge in [-0.15, -0.1) is 0 Å². The lowest BCUT2D eigenvalue weighted by molar-refractivity contribution is 0.102. The lowest BCUT2D eigenvalue weighted by Crippen LogP contribution is -2.15. The van der Waals surface area contributed by atoms with E-state index in [1.165, 1.54) is 24.7 Å². The number of hydrogen-bond donors (Lipinski definition) is 3. The van der Waals surface area contributed by atoms with Crippen LogP contribution in [0.1, 0.15) is 17.4 Å². The molecule has 0 bridgehead atoms. The third-order valence-corrected chi connectivity index (χ3v) is 3.60. The number of pyridine rings is 1. The molecule has 0 atom stereocenters. The Morgan fingerprint density at radius 2 is 1.88 bits per heavy atom. The molecule has 1 aromatic carbocycles. The number of aromatic nitrogens is 3. The second-order valence-electron chi connectivity index (χ2n) is 5.44. The van der Waals surface area contributed by atoms with Crippen LogP contribution in [0.15, 0.2) is 48.9 Å². The van der Waals surface area contributed by atoms with E-state index in [4.69, 9.17) is 5.73 Å².